The minimum Gasteiger partial charge on any atom is -0.444 e. The van der Waals surface area contributed by atoms with E-state index < -0.39 is 5.60 Å². The highest BCUT2D eigenvalue weighted by Gasteiger charge is 2.33. The summed E-state index contributed by atoms with van der Waals surface area (Å²) < 4.78 is 5.38. The molecule has 1 saturated heterocycles. The predicted molar refractivity (Wildman–Crippen MR) is 76.2 cm³/mol. The summed E-state index contributed by atoms with van der Waals surface area (Å²) in [7, 11) is 0. The van der Waals surface area contributed by atoms with Gasteiger partial charge in [-0.05, 0) is 59.5 Å². The fourth-order valence-electron chi connectivity index (χ4n) is 3.25. The molecule has 1 amide bonds. The lowest BCUT2D eigenvalue weighted by atomic mass is 9.89. The van der Waals surface area contributed by atoms with E-state index in [4.69, 9.17) is 4.74 Å². The summed E-state index contributed by atoms with van der Waals surface area (Å²) in [5.74, 6) is 0. The zero-order valence-corrected chi connectivity index (χ0v) is 12.6. The van der Waals surface area contributed by atoms with Crippen molar-refractivity contribution in [3.05, 3.63) is 0 Å². The van der Waals surface area contributed by atoms with Crippen LogP contribution in [0.25, 0.3) is 0 Å². The van der Waals surface area contributed by atoms with Gasteiger partial charge in [0, 0.05) is 12.1 Å². The molecule has 2 unspecified atom stereocenters. The lowest BCUT2D eigenvalue weighted by Gasteiger charge is -2.38. The molecule has 0 aromatic rings. The first-order chi connectivity index (χ1) is 8.96. The number of carbonyl (C=O) groups excluding carboxylic acids is 1. The van der Waals surface area contributed by atoms with Crippen LogP contribution in [0.3, 0.4) is 0 Å². The Morgan fingerprint density at radius 2 is 1.74 bits per heavy atom. The van der Waals surface area contributed by atoms with E-state index in [2.05, 4.69) is 10.2 Å². The molecule has 2 fully saturated rings. The highest BCUT2D eigenvalue weighted by Crippen LogP contribution is 2.26. The molecule has 2 aliphatic rings. The Morgan fingerprint density at radius 1 is 1.11 bits per heavy atom. The lowest BCUT2D eigenvalue weighted by Crippen LogP contribution is -2.53. The van der Waals surface area contributed by atoms with Crippen LogP contribution in [0.15, 0.2) is 0 Å². The summed E-state index contributed by atoms with van der Waals surface area (Å²) in [5, 5.41) is 3.10. The summed E-state index contributed by atoms with van der Waals surface area (Å²) in [5.41, 5.74) is -0.415. The van der Waals surface area contributed by atoms with Crippen molar-refractivity contribution in [1.82, 2.24) is 10.2 Å². The van der Waals surface area contributed by atoms with Crippen LogP contribution in [-0.2, 0) is 4.74 Å². The maximum Gasteiger partial charge on any atom is 0.407 e. The van der Waals surface area contributed by atoms with Crippen LogP contribution in [0.4, 0.5) is 4.79 Å². The average molecular weight is 268 g/mol. The number of alkyl carbamates (subject to hydrolysis) is 1. The highest BCUT2D eigenvalue weighted by atomic mass is 16.6. The van der Waals surface area contributed by atoms with Crippen molar-refractivity contribution in [3.8, 4) is 0 Å². The Morgan fingerprint density at radius 3 is 2.37 bits per heavy atom. The van der Waals surface area contributed by atoms with E-state index in [1.54, 1.807) is 0 Å². The molecule has 0 radical (unpaired) electrons. The van der Waals surface area contributed by atoms with Crippen molar-refractivity contribution < 1.29 is 9.53 Å². The number of likely N-dealkylation sites (tertiary alicyclic amines) is 1. The van der Waals surface area contributed by atoms with Gasteiger partial charge >= 0.3 is 6.09 Å². The number of hydrogen-bond acceptors (Lipinski definition) is 3. The van der Waals surface area contributed by atoms with Gasteiger partial charge in [-0.2, -0.15) is 0 Å². The molecule has 0 aromatic heterocycles. The van der Waals surface area contributed by atoms with E-state index in [-0.39, 0.29) is 12.1 Å². The van der Waals surface area contributed by atoms with Crippen molar-refractivity contribution >= 4 is 6.09 Å². The standard InChI is InChI=1S/C15H28N2O2/c1-15(2,3)19-14(18)16-12-8-4-5-9-13(12)17-10-6-7-11-17/h12-13H,4-11H2,1-3H3,(H,16,18). The van der Waals surface area contributed by atoms with Crippen LogP contribution in [0.5, 0.6) is 0 Å². The topological polar surface area (TPSA) is 41.6 Å². The normalized spacial score (nSPS) is 29.2. The Balaban J connectivity index is 1.90. The van der Waals surface area contributed by atoms with Gasteiger partial charge in [0.1, 0.15) is 5.60 Å². The molecule has 1 heterocycles. The van der Waals surface area contributed by atoms with Crippen molar-refractivity contribution in [2.45, 2.75) is 77.0 Å². The molecule has 110 valence electrons. The first-order valence-corrected chi connectivity index (χ1v) is 7.69. The number of nitrogens with zero attached hydrogens (tertiary/aromatic N) is 1. The number of hydrogen-bond donors (Lipinski definition) is 1. The second kappa shape index (κ2) is 6.12. The molecule has 1 aliphatic carbocycles. The Bertz CT molecular complexity index is 306. The summed E-state index contributed by atoms with van der Waals surface area (Å²) in [6.45, 7) is 8.11. The molecule has 0 spiro atoms. The molecule has 19 heavy (non-hydrogen) atoms. The summed E-state index contributed by atoms with van der Waals surface area (Å²) in [6.07, 6.45) is 7.13. The Labute approximate surface area is 116 Å². The summed E-state index contributed by atoms with van der Waals surface area (Å²) >= 11 is 0. The largest absolute Gasteiger partial charge is 0.444 e. The van der Waals surface area contributed by atoms with Gasteiger partial charge in [-0.1, -0.05) is 12.8 Å². The maximum absolute atomic E-state index is 11.9. The SMILES string of the molecule is CC(C)(C)OC(=O)NC1CCCCC1N1CCCC1. The maximum atomic E-state index is 11.9. The van der Waals surface area contributed by atoms with E-state index in [0.717, 1.165) is 6.42 Å². The van der Waals surface area contributed by atoms with Gasteiger partial charge in [0.05, 0.1) is 0 Å². The van der Waals surface area contributed by atoms with Gasteiger partial charge in [-0.3, -0.25) is 4.90 Å². The van der Waals surface area contributed by atoms with Crippen molar-refractivity contribution in [2.75, 3.05) is 13.1 Å². The molecular weight excluding hydrogens is 240 g/mol. The summed E-state index contributed by atoms with van der Waals surface area (Å²) in [6, 6.07) is 0.783. The smallest absolute Gasteiger partial charge is 0.407 e. The lowest BCUT2D eigenvalue weighted by molar-refractivity contribution is 0.0439. The van der Waals surface area contributed by atoms with E-state index in [9.17, 15) is 4.79 Å². The van der Waals surface area contributed by atoms with Crippen LogP contribution in [0.1, 0.15) is 59.3 Å². The van der Waals surface area contributed by atoms with Crippen LogP contribution in [0, 0.1) is 0 Å². The number of amides is 1. The van der Waals surface area contributed by atoms with Gasteiger partial charge in [-0.25, -0.2) is 4.79 Å². The molecule has 4 heteroatoms. The predicted octanol–water partition coefficient (Wildman–Crippen LogP) is 2.92. The third kappa shape index (κ3) is 4.37. The molecule has 0 bridgehead atoms. The molecule has 1 saturated carbocycles. The Kier molecular flexibility index (Phi) is 4.71. The minimum atomic E-state index is -0.415. The third-order valence-electron chi connectivity index (χ3n) is 4.04. The molecule has 0 aromatic carbocycles. The molecular formula is C15H28N2O2. The fourth-order valence-corrected chi connectivity index (χ4v) is 3.25. The second-order valence-corrected chi connectivity index (χ2v) is 6.85. The molecule has 2 rings (SSSR count). The van der Waals surface area contributed by atoms with Gasteiger partial charge in [0.15, 0.2) is 0 Å². The fraction of sp³-hybridized carbons (Fsp3) is 0.933. The number of nitrogens with one attached hydrogen (secondary N) is 1. The first kappa shape index (κ1) is 14.6. The monoisotopic (exact) mass is 268 g/mol. The van der Waals surface area contributed by atoms with Crippen LogP contribution < -0.4 is 5.32 Å². The summed E-state index contributed by atoms with van der Waals surface area (Å²) in [4.78, 5) is 14.5. The van der Waals surface area contributed by atoms with Gasteiger partial charge in [0.2, 0.25) is 0 Å². The zero-order chi connectivity index (χ0) is 13.9. The van der Waals surface area contributed by atoms with Crippen molar-refractivity contribution in [2.24, 2.45) is 0 Å². The van der Waals surface area contributed by atoms with E-state index >= 15 is 0 Å². The zero-order valence-electron chi connectivity index (χ0n) is 12.6. The van der Waals surface area contributed by atoms with Crippen LogP contribution >= 0.6 is 0 Å². The molecule has 4 nitrogen and oxygen atoms in total. The second-order valence-electron chi connectivity index (χ2n) is 6.85. The number of ether oxygens (including phenoxy) is 1. The van der Waals surface area contributed by atoms with Crippen LogP contribution in [-0.4, -0.2) is 41.8 Å². The van der Waals surface area contributed by atoms with Crippen molar-refractivity contribution in [1.29, 1.82) is 0 Å². The molecule has 1 aliphatic heterocycles. The Hall–Kier alpha value is -0.770. The molecule has 2 atom stereocenters. The first-order valence-electron chi connectivity index (χ1n) is 7.69. The van der Waals surface area contributed by atoms with Gasteiger partial charge in [-0.15, -0.1) is 0 Å². The van der Waals surface area contributed by atoms with E-state index in [1.165, 1.54) is 45.2 Å². The van der Waals surface area contributed by atoms with Gasteiger partial charge in [0.25, 0.3) is 0 Å². The van der Waals surface area contributed by atoms with Crippen molar-refractivity contribution in [3.63, 3.8) is 0 Å². The average Bonchev–Trinajstić information content (AvgIpc) is 2.80. The van der Waals surface area contributed by atoms with Crippen LogP contribution in [0.2, 0.25) is 0 Å². The quantitative estimate of drug-likeness (QED) is 0.837. The van der Waals surface area contributed by atoms with E-state index in [0.29, 0.717) is 6.04 Å². The number of rotatable bonds is 2. The van der Waals surface area contributed by atoms with E-state index in [1.807, 2.05) is 20.8 Å². The third-order valence-corrected chi connectivity index (χ3v) is 4.04. The number of carbonyl (C=O) groups is 1. The minimum absolute atomic E-state index is 0.261. The van der Waals surface area contributed by atoms with Gasteiger partial charge < -0.3 is 10.1 Å². The molecule has 1 N–H and O–H groups in total. The highest BCUT2D eigenvalue weighted by molar-refractivity contribution is 5.68.